The molecule has 0 radical (unpaired) electrons. The smallest absolute Gasteiger partial charge is 0.122 e. The summed E-state index contributed by atoms with van der Waals surface area (Å²) >= 11 is 0. The molecule has 2 aromatic carbocycles. The average molecular weight is 320 g/mol. The Morgan fingerprint density at radius 3 is 1.00 bits per heavy atom. The molecule has 0 amide bonds. The van der Waals surface area contributed by atoms with E-state index in [9.17, 15) is 5.11 Å². The highest BCUT2D eigenvalue weighted by Crippen LogP contribution is 2.31. The van der Waals surface area contributed by atoms with Crippen LogP contribution in [-0.4, -0.2) is 5.11 Å². The molecule has 126 valence electrons. The summed E-state index contributed by atoms with van der Waals surface area (Å²) in [5.41, 5.74) is 12.7. The Balaban J connectivity index is 2.74. The van der Waals surface area contributed by atoms with Crippen molar-refractivity contribution in [3.8, 4) is 17.6 Å². The van der Waals surface area contributed by atoms with E-state index in [0.29, 0.717) is 5.75 Å². The van der Waals surface area contributed by atoms with Gasteiger partial charge in [0.2, 0.25) is 0 Å². The second-order valence-electron chi connectivity index (χ2n) is 6.97. The van der Waals surface area contributed by atoms with E-state index in [1.165, 1.54) is 27.8 Å². The van der Waals surface area contributed by atoms with Crippen LogP contribution in [0, 0.1) is 74.2 Å². The van der Waals surface area contributed by atoms with Crippen molar-refractivity contribution in [1.82, 2.24) is 0 Å². The molecule has 0 saturated heterocycles. The van der Waals surface area contributed by atoms with Crippen molar-refractivity contribution in [1.29, 1.82) is 0 Å². The second kappa shape index (κ2) is 6.36. The predicted molar refractivity (Wildman–Crippen MR) is 103 cm³/mol. The van der Waals surface area contributed by atoms with E-state index in [1.54, 1.807) is 0 Å². The Kier molecular flexibility index (Phi) is 4.81. The van der Waals surface area contributed by atoms with E-state index in [1.807, 2.05) is 27.7 Å². The van der Waals surface area contributed by atoms with Crippen LogP contribution in [0.2, 0.25) is 0 Å². The van der Waals surface area contributed by atoms with Gasteiger partial charge in [-0.3, -0.25) is 0 Å². The molecule has 2 rings (SSSR count). The van der Waals surface area contributed by atoms with E-state index in [0.717, 1.165) is 33.4 Å². The van der Waals surface area contributed by atoms with E-state index in [2.05, 4.69) is 46.5 Å². The molecule has 0 unspecified atom stereocenters. The zero-order valence-corrected chi connectivity index (χ0v) is 16.4. The predicted octanol–water partition coefficient (Wildman–Crippen LogP) is 5.57. The third-order valence-electron chi connectivity index (χ3n) is 5.90. The van der Waals surface area contributed by atoms with Crippen LogP contribution in [0.15, 0.2) is 0 Å². The number of benzene rings is 2. The zero-order chi connectivity index (χ0) is 18.3. The summed E-state index contributed by atoms with van der Waals surface area (Å²) in [6, 6.07) is 0. The molecule has 0 aromatic heterocycles. The van der Waals surface area contributed by atoms with Gasteiger partial charge < -0.3 is 5.11 Å². The molecule has 0 fully saturated rings. The van der Waals surface area contributed by atoms with Gasteiger partial charge in [0.15, 0.2) is 0 Å². The van der Waals surface area contributed by atoms with Gasteiger partial charge in [-0.2, -0.15) is 0 Å². The molecule has 1 nitrogen and oxygen atoms in total. The molecular weight excluding hydrogens is 292 g/mol. The minimum Gasteiger partial charge on any atom is -0.507 e. The zero-order valence-electron chi connectivity index (χ0n) is 16.4. The highest BCUT2D eigenvalue weighted by Gasteiger charge is 2.14. The first-order chi connectivity index (χ1) is 11.1. The van der Waals surface area contributed by atoms with Gasteiger partial charge in [-0.15, -0.1) is 0 Å². The van der Waals surface area contributed by atoms with Crippen LogP contribution in [0.25, 0.3) is 0 Å². The third kappa shape index (κ3) is 2.71. The lowest BCUT2D eigenvalue weighted by atomic mass is 9.89. The van der Waals surface area contributed by atoms with Gasteiger partial charge in [0.05, 0.1) is 0 Å². The third-order valence-corrected chi connectivity index (χ3v) is 5.90. The first-order valence-electron chi connectivity index (χ1n) is 8.47. The molecule has 0 saturated carbocycles. The number of phenolic OH excluding ortho intramolecular Hbond substituents is 1. The van der Waals surface area contributed by atoms with E-state index in [4.69, 9.17) is 0 Å². The van der Waals surface area contributed by atoms with Gasteiger partial charge in [-0.25, -0.2) is 0 Å². The molecule has 0 aliphatic carbocycles. The molecule has 2 aromatic rings. The Labute approximate surface area is 146 Å². The van der Waals surface area contributed by atoms with E-state index in [-0.39, 0.29) is 0 Å². The normalized spacial score (nSPS) is 10.5. The summed E-state index contributed by atoms with van der Waals surface area (Å²) in [4.78, 5) is 0. The van der Waals surface area contributed by atoms with E-state index >= 15 is 0 Å². The number of hydrogen-bond acceptors (Lipinski definition) is 1. The van der Waals surface area contributed by atoms with Crippen molar-refractivity contribution < 1.29 is 5.11 Å². The first-order valence-corrected chi connectivity index (χ1v) is 8.47. The summed E-state index contributed by atoms with van der Waals surface area (Å²) in [5, 5.41) is 10.2. The van der Waals surface area contributed by atoms with Crippen molar-refractivity contribution in [2.24, 2.45) is 0 Å². The highest BCUT2D eigenvalue weighted by atomic mass is 16.3. The topological polar surface area (TPSA) is 20.2 Å². The van der Waals surface area contributed by atoms with Gasteiger partial charge in [0, 0.05) is 11.1 Å². The molecule has 24 heavy (non-hydrogen) atoms. The molecule has 0 spiro atoms. The van der Waals surface area contributed by atoms with Crippen LogP contribution in [0.5, 0.6) is 5.75 Å². The summed E-state index contributed by atoms with van der Waals surface area (Å²) < 4.78 is 0. The minimum atomic E-state index is 0.393. The van der Waals surface area contributed by atoms with Crippen LogP contribution in [0.1, 0.15) is 61.2 Å². The standard InChI is InChI=1S/C23H28O/c1-12-13(2)15(4)21(16(5)14(12)3)10-11-22-17(6)19(8)23(24)20(9)18(22)7/h24H,1-9H3. The molecule has 1 heteroatoms. The van der Waals surface area contributed by atoms with Crippen LogP contribution in [0.4, 0.5) is 0 Å². The van der Waals surface area contributed by atoms with Crippen molar-refractivity contribution >= 4 is 0 Å². The summed E-state index contributed by atoms with van der Waals surface area (Å²) in [6.07, 6.45) is 0. The van der Waals surface area contributed by atoms with Crippen molar-refractivity contribution in [2.75, 3.05) is 0 Å². The fourth-order valence-corrected chi connectivity index (χ4v) is 3.29. The Bertz CT molecular complexity index is 771. The first kappa shape index (κ1) is 18.1. The van der Waals surface area contributed by atoms with Gasteiger partial charge in [0.25, 0.3) is 0 Å². The van der Waals surface area contributed by atoms with Gasteiger partial charge in [-0.1, -0.05) is 11.8 Å². The lowest BCUT2D eigenvalue weighted by Gasteiger charge is -2.16. The summed E-state index contributed by atoms with van der Waals surface area (Å²) in [5.74, 6) is 7.22. The average Bonchev–Trinajstić information content (AvgIpc) is 2.57. The van der Waals surface area contributed by atoms with E-state index < -0.39 is 0 Å². The maximum absolute atomic E-state index is 10.2. The lowest BCUT2D eigenvalue weighted by molar-refractivity contribution is 0.465. The van der Waals surface area contributed by atoms with Crippen LogP contribution >= 0.6 is 0 Å². The summed E-state index contributed by atoms with van der Waals surface area (Å²) in [6.45, 7) is 18.8. The van der Waals surface area contributed by atoms with Crippen molar-refractivity contribution in [3.05, 3.63) is 61.2 Å². The molecule has 1 N–H and O–H groups in total. The molecule has 0 atom stereocenters. The number of hydrogen-bond donors (Lipinski definition) is 1. The molecule has 0 aliphatic heterocycles. The number of phenols is 1. The van der Waals surface area contributed by atoms with Gasteiger partial charge >= 0.3 is 0 Å². The summed E-state index contributed by atoms with van der Waals surface area (Å²) in [7, 11) is 0. The van der Waals surface area contributed by atoms with Gasteiger partial charge in [-0.05, 0) is 112 Å². The second-order valence-corrected chi connectivity index (χ2v) is 6.97. The molecule has 0 aliphatic rings. The monoisotopic (exact) mass is 320 g/mol. The number of rotatable bonds is 0. The fourth-order valence-electron chi connectivity index (χ4n) is 3.29. The Morgan fingerprint density at radius 2 is 0.667 bits per heavy atom. The molecule has 0 bridgehead atoms. The van der Waals surface area contributed by atoms with Gasteiger partial charge in [0.1, 0.15) is 5.75 Å². The fraction of sp³-hybridized carbons (Fsp3) is 0.391. The van der Waals surface area contributed by atoms with Crippen molar-refractivity contribution in [3.63, 3.8) is 0 Å². The quantitative estimate of drug-likeness (QED) is 0.629. The lowest BCUT2D eigenvalue weighted by Crippen LogP contribution is -2.00. The highest BCUT2D eigenvalue weighted by molar-refractivity contribution is 5.62. The maximum Gasteiger partial charge on any atom is 0.122 e. The molecule has 0 heterocycles. The molecular formula is C23H28O. The van der Waals surface area contributed by atoms with Crippen molar-refractivity contribution in [2.45, 2.75) is 62.3 Å². The SMILES string of the molecule is Cc1c(C)c(C)c(C#Cc2c(C)c(C)c(O)c(C)c2C)c(C)c1C. The van der Waals surface area contributed by atoms with Crippen LogP contribution in [-0.2, 0) is 0 Å². The number of aromatic hydroxyl groups is 1. The minimum absolute atomic E-state index is 0.393. The Morgan fingerprint density at radius 1 is 0.417 bits per heavy atom. The Hall–Kier alpha value is -2.20. The van der Waals surface area contributed by atoms with Crippen LogP contribution in [0.3, 0.4) is 0 Å². The van der Waals surface area contributed by atoms with Crippen LogP contribution < -0.4 is 0 Å². The largest absolute Gasteiger partial charge is 0.507 e. The maximum atomic E-state index is 10.2.